The molecule has 0 bridgehead atoms. The Morgan fingerprint density at radius 2 is 0.900 bits per heavy atom. The van der Waals surface area contributed by atoms with Crippen LogP contribution in [0.5, 0.6) is 0 Å². The van der Waals surface area contributed by atoms with Crippen LogP contribution in [-0.2, 0) is 4.79 Å². The van der Waals surface area contributed by atoms with Crippen molar-refractivity contribution >= 4 is 49.2 Å². The van der Waals surface area contributed by atoms with Gasteiger partial charge in [0.1, 0.15) is 0 Å². The van der Waals surface area contributed by atoms with Gasteiger partial charge in [0.05, 0.1) is 0 Å². The molecule has 0 aliphatic carbocycles. The van der Waals surface area contributed by atoms with Crippen molar-refractivity contribution in [2.24, 2.45) is 0 Å². The Morgan fingerprint density at radius 3 is 1.20 bits per heavy atom. The summed E-state index contributed by atoms with van der Waals surface area (Å²) >= 11 is 6.47. The number of benzene rings is 2. The smallest absolute Gasteiger partial charge is 0.273 e. The molecule has 0 radical (unpaired) electrons. The van der Waals surface area contributed by atoms with E-state index in [0.29, 0.717) is 0 Å². The van der Waals surface area contributed by atoms with Gasteiger partial charge in [-0.2, -0.15) is 0 Å². The van der Waals surface area contributed by atoms with Crippen LogP contribution in [0.3, 0.4) is 0 Å². The molecule has 0 unspecified atom stereocenters. The monoisotopic (exact) mass is 394 g/mol. The summed E-state index contributed by atoms with van der Waals surface area (Å²) in [6.07, 6.45) is 0. The summed E-state index contributed by atoms with van der Waals surface area (Å²) in [4.78, 5) is 35.8. The van der Waals surface area contributed by atoms with Gasteiger partial charge in [-0.05, 0) is 48.5 Å². The number of halogens is 2. The molecule has 2 aromatic rings. The topological polar surface area (TPSA) is 51.2 Å². The zero-order chi connectivity index (χ0) is 14.7. The van der Waals surface area contributed by atoms with Gasteiger partial charge in [0, 0.05) is 20.1 Å². The summed E-state index contributed by atoms with van der Waals surface area (Å²) in [7, 11) is 0. The minimum absolute atomic E-state index is 0.198. The maximum atomic E-state index is 11.9. The SMILES string of the molecule is O=C(C(=O)c1ccc(Br)cc1)C(=O)c1ccc(Br)cc1. The minimum Gasteiger partial charge on any atom is -0.285 e. The Balaban J connectivity index is 2.22. The molecule has 0 aliphatic heterocycles. The summed E-state index contributed by atoms with van der Waals surface area (Å²) < 4.78 is 1.58. The van der Waals surface area contributed by atoms with Gasteiger partial charge >= 0.3 is 0 Å². The molecule has 100 valence electrons. The highest BCUT2D eigenvalue weighted by Crippen LogP contribution is 2.14. The third kappa shape index (κ3) is 3.29. The number of carbonyl (C=O) groups excluding carboxylic acids is 3. The normalized spacial score (nSPS) is 10.1. The molecule has 0 fully saturated rings. The van der Waals surface area contributed by atoms with Gasteiger partial charge in [0.25, 0.3) is 5.78 Å². The van der Waals surface area contributed by atoms with Crippen LogP contribution in [0.15, 0.2) is 57.5 Å². The Bertz CT molecular complexity index is 614. The fourth-order valence-corrected chi connectivity index (χ4v) is 2.10. The van der Waals surface area contributed by atoms with Crippen LogP contribution in [0.1, 0.15) is 20.7 Å². The number of hydrogen-bond donors (Lipinski definition) is 0. The molecule has 0 saturated carbocycles. The van der Waals surface area contributed by atoms with Gasteiger partial charge in [0.2, 0.25) is 11.6 Å². The number of rotatable bonds is 4. The predicted octanol–water partition coefficient (Wildman–Crippen LogP) is 3.85. The average molecular weight is 396 g/mol. The lowest BCUT2D eigenvalue weighted by Crippen LogP contribution is -2.24. The first-order chi connectivity index (χ1) is 9.49. The maximum absolute atomic E-state index is 11.9. The van der Waals surface area contributed by atoms with Crippen molar-refractivity contribution in [2.45, 2.75) is 0 Å². The van der Waals surface area contributed by atoms with Crippen LogP contribution in [0.4, 0.5) is 0 Å². The van der Waals surface area contributed by atoms with E-state index in [2.05, 4.69) is 31.9 Å². The zero-order valence-corrected chi connectivity index (χ0v) is 13.3. The lowest BCUT2D eigenvalue weighted by Gasteiger charge is -2.01. The van der Waals surface area contributed by atoms with Crippen LogP contribution in [0.2, 0.25) is 0 Å². The van der Waals surface area contributed by atoms with Gasteiger partial charge < -0.3 is 0 Å². The molecule has 2 aromatic carbocycles. The van der Waals surface area contributed by atoms with Crippen molar-refractivity contribution in [3.63, 3.8) is 0 Å². The van der Waals surface area contributed by atoms with E-state index in [0.717, 1.165) is 8.95 Å². The summed E-state index contributed by atoms with van der Waals surface area (Å²) in [6, 6.07) is 12.6. The lowest BCUT2D eigenvalue weighted by atomic mass is 10.0. The van der Waals surface area contributed by atoms with Gasteiger partial charge in [-0.3, -0.25) is 14.4 Å². The van der Waals surface area contributed by atoms with E-state index in [1.807, 2.05) is 0 Å². The van der Waals surface area contributed by atoms with Crippen LogP contribution >= 0.6 is 31.9 Å². The van der Waals surface area contributed by atoms with Crippen LogP contribution < -0.4 is 0 Å². The van der Waals surface area contributed by atoms with Gasteiger partial charge in [-0.1, -0.05) is 31.9 Å². The van der Waals surface area contributed by atoms with Crippen molar-refractivity contribution < 1.29 is 14.4 Å². The minimum atomic E-state index is -1.03. The molecule has 3 nitrogen and oxygen atoms in total. The second-order valence-electron chi connectivity index (χ2n) is 4.00. The third-order valence-electron chi connectivity index (χ3n) is 2.63. The average Bonchev–Trinajstić information content (AvgIpc) is 2.46. The third-order valence-corrected chi connectivity index (χ3v) is 3.68. The number of Topliss-reactive ketones (excluding diaryl/α,β-unsaturated/α-hetero) is 3. The standard InChI is InChI=1S/C15H8Br2O3/c16-11-5-1-9(2-6-11)13(18)15(20)14(19)10-3-7-12(17)8-4-10/h1-8H. The van der Waals surface area contributed by atoms with Gasteiger partial charge in [-0.25, -0.2) is 0 Å². The first kappa shape index (κ1) is 14.8. The van der Waals surface area contributed by atoms with Crippen LogP contribution in [0, 0.1) is 0 Å². The van der Waals surface area contributed by atoms with E-state index in [-0.39, 0.29) is 11.1 Å². The first-order valence-corrected chi connectivity index (χ1v) is 7.22. The Hall–Kier alpha value is -1.59. The van der Waals surface area contributed by atoms with Crippen molar-refractivity contribution in [3.8, 4) is 0 Å². The molecule has 2 rings (SSSR count). The molecule has 20 heavy (non-hydrogen) atoms. The lowest BCUT2D eigenvalue weighted by molar-refractivity contribution is -0.111. The Kier molecular flexibility index (Phi) is 4.62. The van der Waals surface area contributed by atoms with E-state index in [4.69, 9.17) is 0 Å². The molecular weight excluding hydrogens is 388 g/mol. The molecule has 0 aliphatic rings. The molecule has 0 aromatic heterocycles. The molecule has 0 amide bonds. The highest BCUT2D eigenvalue weighted by Gasteiger charge is 2.25. The molecule has 0 heterocycles. The van der Waals surface area contributed by atoms with E-state index in [9.17, 15) is 14.4 Å². The molecule has 5 heteroatoms. The molecular formula is C15H8Br2O3. The van der Waals surface area contributed by atoms with E-state index >= 15 is 0 Å². The molecule has 0 spiro atoms. The highest BCUT2D eigenvalue weighted by molar-refractivity contribution is 9.10. The number of carbonyl (C=O) groups is 3. The van der Waals surface area contributed by atoms with Crippen molar-refractivity contribution in [1.82, 2.24) is 0 Å². The fraction of sp³-hybridized carbons (Fsp3) is 0. The van der Waals surface area contributed by atoms with Gasteiger partial charge in [0.15, 0.2) is 0 Å². The zero-order valence-electron chi connectivity index (χ0n) is 10.1. The predicted molar refractivity (Wildman–Crippen MR) is 82.0 cm³/mol. The highest BCUT2D eigenvalue weighted by atomic mass is 79.9. The quantitative estimate of drug-likeness (QED) is 0.449. The molecule has 0 atom stereocenters. The summed E-state index contributed by atoms with van der Waals surface area (Å²) in [5.74, 6) is -2.63. The summed E-state index contributed by atoms with van der Waals surface area (Å²) in [6.45, 7) is 0. The van der Waals surface area contributed by atoms with Crippen molar-refractivity contribution in [2.75, 3.05) is 0 Å². The fourth-order valence-electron chi connectivity index (χ4n) is 1.57. The largest absolute Gasteiger partial charge is 0.285 e. The second-order valence-corrected chi connectivity index (χ2v) is 5.83. The van der Waals surface area contributed by atoms with Gasteiger partial charge in [-0.15, -0.1) is 0 Å². The number of hydrogen-bond acceptors (Lipinski definition) is 3. The Labute approximate surface area is 132 Å². The Morgan fingerprint density at radius 1 is 0.600 bits per heavy atom. The maximum Gasteiger partial charge on any atom is 0.273 e. The summed E-state index contributed by atoms with van der Waals surface area (Å²) in [5.41, 5.74) is 0.396. The first-order valence-electron chi connectivity index (χ1n) is 5.63. The van der Waals surface area contributed by atoms with E-state index in [1.54, 1.807) is 24.3 Å². The van der Waals surface area contributed by atoms with E-state index in [1.165, 1.54) is 24.3 Å². The second kappa shape index (κ2) is 6.24. The number of ketones is 3. The van der Waals surface area contributed by atoms with E-state index < -0.39 is 17.3 Å². The molecule has 0 N–H and O–H groups in total. The summed E-state index contributed by atoms with van der Waals surface area (Å²) in [5, 5.41) is 0. The van der Waals surface area contributed by atoms with Crippen LogP contribution in [-0.4, -0.2) is 17.3 Å². The van der Waals surface area contributed by atoms with Crippen LogP contribution in [0.25, 0.3) is 0 Å². The van der Waals surface area contributed by atoms with Crippen molar-refractivity contribution in [3.05, 3.63) is 68.6 Å². The van der Waals surface area contributed by atoms with Crippen molar-refractivity contribution in [1.29, 1.82) is 0 Å². The molecule has 0 saturated heterocycles.